The van der Waals surface area contributed by atoms with Crippen molar-refractivity contribution in [2.45, 2.75) is 12.5 Å². The molecule has 2 aromatic rings. The zero-order valence-corrected chi connectivity index (χ0v) is 10.3. The third kappa shape index (κ3) is 2.87. The Balaban J connectivity index is 2.12. The van der Waals surface area contributed by atoms with Gasteiger partial charge in [-0.15, -0.1) is 0 Å². The zero-order chi connectivity index (χ0) is 11.4. The largest absolute Gasteiger partial charge is 0.324 e. The number of hydrogen-bond acceptors (Lipinski definition) is 3. The lowest BCUT2D eigenvalue weighted by molar-refractivity contribution is 0.716. The van der Waals surface area contributed by atoms with E-state index >= 15 is 0 Å². The highest BCUT2D eigenvalue weighted by Crippen LogP contribution is 2.18. The second kappa shape index (κ2) is 5.18. The average molecular weight is 278 g/mol. The van der Waals surface area contributed by atoms with E-state index in [0.717, 1.165) is 16.5 Å². The van der Waals surface area contributed by atoms with Crippen LogP contribution in [-0.2, 0) is 6.42 Å². The van der Waals surface area contributed by atoms with Gasteiger partial charge < -0.3 is 5.73 Å². The molecule has 0 amide bonds. The van der Waals surface area contributed by atoms with Crippen LogP contribution in [0.4, 0.5) is 0 Å². The fourth-order valence-corrected chi connectivity index (χ4v) is 1.90. The Labute approximate surface area is 103 Å². The summed E-state index contributed by atoms with van der Waals surface area (Å²) in [6, 6.07) is 5.92. The van der Waals surface area contributed by atoms with Crippen LogP contribution in [0, 0.1) is 0 Å². The van der Waals surface area contributed by atoms with Gasteiger partial charge in [-0.3, -0.25) is 9.97 Å². The molecule has 2 rings (SSSR count). The maximum absolute atomic E-state index is 6.11. The van der Waals surface area contributed by atoms with Gasteiger partial charge in [0.2, 0.25) is 0 Å². The molecule has 2 N–H and O–H groups in total. The average Bonchev–Trinajstić information content (AvgIpc) is 2.30. The highest BCUT2D eigenvalue weighted by Gasteiger charge is 2.07. The van der Waals surface area contributed by atoms with Crippen molar-refractivity contribution in [1.29, 1.82) is 0 Å². The minimum atomic E-state index is -0.0348. The number of halogens is 1. The van der Waals surface area contributed by atoms with Crippen LogP contribution in [0.5, 0.6) is 0 Å². The molecule has 82 valence electrons. The summed E-state index contributed by atoms with van der Waals surface area (Å²) < 4.78 is 0.954. The molecule has 0 aromatic carbocycles. The molecule has 2 aromatic heterocycles. The first-order valence-electron chi connectivity index (χ1n) is 5.00. The van der Waals surface area contributed by atoms with Gasteiger partial charge in [0.15, 0.2) is 0 Å². The van der Waals surface area contributed by atoms with Crippen LogP contribution < -0.4 is 5.73 Å². The van der Waals surface area contributed by atoms with Gasteiger partial charge in [-0.25, -0.2) is 0 Å². The van der Waals surface area contributed by atoms with Gasteiger partial charge >= 0.3 is 0 Å². The standard InChI is InChI=1S/C12H12BrN3/c13-11-6-10(7-16-8-11)12(14)5-9-1-3-15-4-2-9/h1-4,6-8,12H,5,14H2. The first-order chi connectivity index (χ1) is 7.75. The number of nitrogens with zero attached hydrogens (tertiary/aromatic N) is 2. The molecule has 0 aliphatic heterocycles. The van der Waals surface area contributed by atoms with Crippen molar-refractivity contribution in [2.24, 2.45) is 5.73 Å². The maximum Gasteiger partial charge on any atom is 0.0410 e. The minimum Gasteiger partial charge on any atom is -0.324 e. The van der Waals surface area contributed by atoms with Crippen molar-refractivity contribution in [2.75, 3.05) is 0 Å². The van der Waals surface area contributed by atoms with Gasteiger partial charge in [-0.2, -0.15) is 0 Å². The fourth-order valence-electron chi connectivity index (χ4n) is 1.52. The van der Waals surface area contributed by atoms with E-state index in [1.807, 2.05) is 18.2 Å². The highest BCUT2D eigenvalue weighted by molar-refractivity contribution is 9.10. The molecule has 4 heteroatoms. The fraction of sp³-hybridized carbons (Fsp3) is 0.167. The second-order valence-electron chi connectivity index (χ2n) is 3.60. The zero-order valence-electron chi connectivity index (χ0n) is 8.68. The van der Waals surface area contributed by atoms with Gasteiger partial charge in [0, 0.05) is 35.3 Å². The summed E-state index contributed by atoms with van der Waals surface area (Å²) >= 11 is 3.39. The predicted octanol–water partition coefficient (Wildman–Crippen LogP) is 2.48. The van der Waals surface area contributed by atoms with Gasteiger partial charge in [0.25, 0.3) is 0 Å². The Hall–Kier alpha value is -1.26. The number of aromatic nitrogens is 2. The third-order valence-electron chi connectivity index (χ3n) is 2.36. The summed E-state index contributed by atoms with van der Waals surface area (Å²) in [6.07, 6.45) is 7.91. The first kappa shape index (κ1) is 11.2. The van der Waals surface area contributed by atoms with Crippen LogP contribution in [0.3, 0.4) is 0 Å². The van der Waals surface area contributed by atoms with E-state index in [0.29, 0.717) is 0 Å². The number of pyridine rings is 2. The molecule has 2 heterocycles. The van der Waals surface area contributed by atoms with E-state index in [1.54, 1.807) is 24.8 Å². The second-order valence-corrected chi connectivity index (χ2v) is 4.52. The van der Waals surface area contributed by atoms with Crippen LogP contribution in [0.2, 0.25) is 0 Å². The number of rotatable bonds is 3. The van der Waals surface area contributed by atoms with Crippen molar-refractivity contribution in [3.8, 4) is 0 Å². The Morgan fingerprint density at radius 1 is 1.19 bits per heavy atom. The monoisotopic (exact) mass is 277 g/mol. The number of nitrogens with two attached hydrogens (primary N) is 1. The maximum atomic E-state index is 6.11. The molecular formula is C12H12BrN3. The Morgan fingerprint density at radius 3 is 2.62 bits per heavy atom. The predicted molar refractivity (Wildman–Crippen MR) is 66.8 cm³/mol. The van der Waals surface area contributed by atoms with Crippen molar-refractivity contribution in [1.82, 2.24) is 9.97 Å². The lowest BCUT2D eigenvalue weighted by Crippen LogP contribution is -2.13. The summed E-state index contributed by atoms with van der Waals surface area (Å²) in [5.41, 5.74) is 8.33. The molecule has 0 spiro atoms. The summed E-state index contributed by atoms with van der Waals surface area (Å²) in [6.45, 7) is 0. The summed E-state index contributed by atoms with van der Waals surface area (Å²) in [4.78, 5) is 8.09. The lowest BCUT2D eigenvalue weighted by atomic mass is 10.0. The summed E-state index contributed by atoms with van der Waals surface area (Å²) in [7, 11) is 0. The van der Waals surface area contributed by atoms with Gasteiger partial charge in [-0.1, -0.05) is 0 Å². The molecule has 0 fully saturated rings. The van der Waals surface area contributed by atoms with Crippen molar-refractivity contribution >= 4 is 15.9 Å². The van der Waals surface area contributed by atoms with E-state index in [-0.39, 0.29) is 6.04 Å². The molecule has 0 saturated carbocycles. The van der Waals surface area contributed by atoms with Gasteiger partial charge in [0.05, 0.1) is 0 Å². The van der Waals surface area contributed by atoms with Crippen LogP contribution in [0.25, 0.3) is 0 Å². The quantitative estimate of drug-likeness (QED) is 0.938. The van der Waals surface area contributed by atoms with Crippen LogP contribution in [0.15, 0.2) is 47.5 Å². The van der Waals surface area contributed by atoms with E-state index in [9.17, 15) is 0 Å². The molecule has 0 aliphatic carbocycles. The summed E-state index contributed by atoms with van der Waals surface area (Å²) in [5, 5.41) is 0. The molecule has 1 atom stereocenters. The summed E-state index contributed by atoms with van der Waals surface area (Å²) in [5.74, 6) is 0. The Morgan fingerprint density at radius 2 is 1.94 bits per heavy atom. The first-order valence-corrected chi connectivity index (χ1v) is 5.80. The van der Waals surface area contributed by atoms with Crippen molar-refractivity contribution in [3.63, 3.8) is 0 Å². The molecule has 0 saturated heterocycles. The SMILES string of the molecule is NC(Cc1ccncc1)c1cncc(Br)c1. The van der Waals surface area contributed by atoms with Crippen LogP contribution in [-0.4, -0.2) is 9.97 Å². The smallest absolute Gasteiger partial charge is 0.0410 e. The molecular weight excluding hydrogens is 266 g/mol. The molecule has 3 nitrogen and oxygen atoms in total. The topological polar surface area (TPSA) is 51.8 Å². The van der Waals surface area contributed by atoms with Gasteiger partial charge in [0.1, 0.15) is 0 Å². The van der Waals surface area contributed by atoms with Crippen molar-refractivity contribution in [3.05, 3.63) is 58.6 Å². The van der Waals surface area contributed by atoms with E-state index in [1.165, 1.54) is 5.56 Å². The van der Waals surface area contributed by atoms with Gasteiger partial charge in [-0.05, 0) is 51.7 Å². The Bertz CT molecular complexity index is 459. The highest BCUT2D eigenvalue weighted by atomic mass is 79.9. The van der Waals surface area contributed by atoms with Crippen molar-refractivity contribution < 1.29 is 0 Å². The Kier molecular flexibility index (Phi) is 3.64. The lowest BCUT2D eigenvalue weighted by Gasteiger charge is -2.11. The van der Waals surface area contributed by atoms with Crippen LogP contribution in [0.1, 0.15) is 17.2 Å². The minimum absolute atomic E-state index is 0.0348. The third-order valence-corrected chi connectivity index (χ3v) is 2.79. The molecule has 0 radical (unpaired) electrons. The van der Waals surface area contributed by atoms with E-state index in [2.05, 4.69) is 25.9 Å². The molecule has 16 heavy (non-hydrogen) atoms. The molecule has 0 aliphatic rings. The van der Waals surface area contributed by atoms with E-state index < -0.39 is 0 Å². The number of hydrogen-bond donors (Lipinski definition) is 1. The molecule has 1 unspecified atom stereocenters. The molecule has 0 bridgehead atoms. The van der Waals surface area contributed by atoms with E-state index in [4.69, 9.17) is 5.73 Å². The van der Waals surface area contributed by atoms with Crippen LogP contribution >= 0.6 is 15.9 Å². The normalized spacial score (nSPS) is 12.4.